The minimum Gasteiger partial charge on any atom is -0.467 e. The molecule has 2 N–H and O–H groups in total. The molecule has 0 aliphatic rings. The Morgan fingerprint density at radius 3 is 2.84 bits per heavy atom. The van der Waals surface area contributed by atoms with Crippen molar-refractivity contribution < 1.29 is 9.21 Å². The number of hydrogen-bond acceptors (Lipinski definition) is 5. The summed E-state index contributed by atoms with van der Waals surface area (Å²) in [4.78, 5) is 11.6. The standard InChI is InChI=1S/C13H16N4O2/c1-2-7-14-13(18)11-5-6-12(17-16-11)15-9-10-4-3-8-19-10/h3-6,8H,2,7,9H2,1H3,(H,14,18)(H,15,17). The van der Waals surface area contributed by atoms with Crippen LogP contribution in [0.5, 0.6) is 0 Å². The fourth-order valence-corrected chi connectivity index (χ4v) is 1.47. The number of carbonyl (C=O) groups is 1. The molecule has 2 heterocycles. The lowest BCUT2D eigenvalue weighted by Crippen LogP contribution is -2.25. The molecule has 2 aromatic rings. The molecule has 19 heavy (non-hydrogen) atoms. The van der Waals surface area contributed by atoms with Crippen molar-refractivity contribution in [1.29, 1.82) is 0 Å². The first-order valence-corrected chi connectivity index (χ1v) is 6.17. The third-order valence-electron chi connectivity index (χ3n) is 2.46. The van der Waals surface area contributed by atoms with Gasteiger partial charge < -0.3 is 15.1 Å². The Bertz CT molecular complexity index is 508. The second kappa shape index (κ2) is 6.53. The van der Waals surface area contributed by atoms with Crippen LogP contribution in [0, 0.1) is 0 Å². The zero-order valence-corrected chi connectivity index (χ0v) is 10.7. The summed E-state index contributed by atoms with van der Waals surface area (Å²) in [6.45, 7) is 3.16. The fourth-order valence-electron chi connectivity index (χ4n) is 1.47. The van der Waals surface area contributed by atoms with Gasteiger partial charge in [-0.1, -0.05) is 6.92 Å². The molecule has 6 nitrogen and oxygen atoms in total. The fraction of sp³-hybridized carbons (Fsp3) is 0.308. The van der Waals surface area contributed by atoms with Crippen LogP contribution in [0.4, 0.5) is 5.82 Å². The molecule has 0 saturated heterocycles. The van der Waals surface area contributed by atoms with Gasteiger partial charge >= 0.3 is 0 Å². The number of hydrogen-bond donors (Lipinski definition) is 2. The van der Waals surface area contributed by atoms with Crippen molar-refractivity contribution in [2.75, 3.05) is 11.9 Å². The van der Waals surface area contributed by atoms with Crippen molar-refractivity contribution in [3.8, 4) is 0 Å². The normalized spacial score (nSPS) is 10.2. The number of nitrogens with zero attached hydrogens (tertiary/aromatic N) is 2. The van der Waals surface area contributed by atoms with Crippen molar-refractivity contribution in [3.63, 3.8) is 0 Å². The molecule has 2 aromatic heterocycles. The Hall–Kier alpha value is -2.37. The average Bonchev–Trinajstić information content (AvgIpc) is 2.96. The number of furan rings is 1. The van der Waals surface area contributed by atoms with Crippen LogP contribution in [0.3, 0.4) is 0 Å². The highest BCUT2D eigenvalue weighted by Gasteiger charge is 2.07. The van der Waals surface area contributed by atoms with Gasteiger partial charge in [-0.15, -0.1) is 10.2 Å². The lowest BCUT2D eigenvalue weighted by molar-refractivity contribution is 0.0947. The Labute approximate surface area is 111 Å². The molecular weight excluding hydrogens is 244 g/mol. The second-order valence-electron chi connectivity index (χ2n) is 3.99. The quantitative estimate of drug-likeness (QED) is 0.828. The van der Waals surface area contributed by atoms with Crippen LogP contribution in [0.15, 0.2) is 34.9 Å². The van der Waals surface area contributed by atoms with E-state index in [1.165, 1.54) is 0 Å². The number of amides is 1. The van der Waals surface area contributed by atoms with Gasteiger partial charge in [0.1, 0.15) is 11.6 Å². The van der Waals surface area contributed by atoms with Crippen molar-refractivity contribution in [2.24, 2.45) is 0 Å². The van der Waals surface area contributed by atoms with Crippen LogP contribution >= 0.6 is 0 Å². The third kappa shape index (κ3) is 3.80. The molecule has 0 atom stereocenters. The largest absolute Gasteiger partial charge is 0.467 e. The van der Waals surface area contributed by atoms with E-state index in [0.29, 0.717) is 24.6 Å². The van der Waals surface area contributed by atoms with Gasteiger partial charge in [0.2, 0.25) is 0 Å². The maximum absolute atomic E-state index is 11.6. The zero-order valence-electron chi connectivity index (χ0n) is 10.7. The molecule has 0 radical (unpaired) electrons. The van der Waals surface area contributed by atoms with E-state index in [-0.39, 0.29) is 5.91 Å². The van der Waals surface area contributed by atoms with E-state index in [0.717, 1.165) is 12.2 Å². The zero-order chi connectivity index (χ0) is 13.5. The molecule has 0 fully saturated rings. The topological polar surface area (TPSA) is 80.0 Å². The minimum absolute atomic E-state index is 0.202. The summed E-state index contributed by atoms with van der Waals surface area (Å²) in [5, 5.41) is 13.6. The molecule has 0 bridgehead atoms. The van der Waals surface area contributed by atoms with Crippen molar-refractivity contribution in [2.45, 2.75) is 19.9 Å². The van der Waals surface area contributed by atoms with Gasteiger partial charge in [0.05, 0.1) is 12.8 Å². The molecule has 0 aromatic carbocycles. The van der Waals surface area contributed by atoms with E-state index in [9.17, 15) is 4.79 Å². The summed E-state index contributed by atoms with van der Waals surface area (Å²) < 4.78 is 5.19. The molecule has 0 saturated carbocycles. The maximum Gasteiger partial charge on any atom is 0.271 e. The maximum atomic E-state index is 11.6. The summed E-state index contributed by atoms with van der Waals surface area (Å²) in [7, 11) is 0. The van der Waals surface area contributed by atoms with Crippen molar-refractivity contribution in [1.82, 2.24) is 15.5 Å². The van der Waals surface area contributed by atoms with Crippen LogP contribution in [-0.4, -0.2) is 22.6 Å². The SMILES string of the molecule is CCCNC(=O)c1ccc(NCc2ccco2)nn1. The van der Waals surface area contributed by atoms with Gasteiger partial charge in [0.25, 0.3) is 5.91 Å². The van der Waals surface area contributed by atoms with Gasteiger partial charge in [-0.05, 0) is 30.7 Å². The first-order chi connectivity index (χ1) is 9.29. The van der Waals surface area contributed by atoms with E-state index in [1.54, 1.807) is 18.4 Å². The highest BCUT2D eigenvalue weighted by atomic mass is 16.3. The van der Waals surface area contributed by atoms with Crippen molar-refractivity contribution in [3.05, 3.63) is 42.0 Å². The predicted molar refractivity (Wildman–Crippen MR) is 70.7 cm³/mol. The first-order valence-electron chi connectivity index (χ1n) is 6.17. The van der Waals surface area contributed by atoms with E-state index in [1.807, 2.05) is 19.1 Å². The molecule has 0 spiro atoms. The molecular formula is C13H16N4O2. The Kier molecular flexibility index (Phi) is 4.49. The lowest BCUT2D eigenvalue weighted by atomic mass is 10.3. The van der Waals surface area contributed by atoms with Crippen LogP contribution in [-0.2, 0) is 6.54 Å². The van der Waals surface area contributed by atoms with Gasteiger partial charge in [0, 0.05) is 6.54 Å². The number of nitrogens with one attached hydrogen (secondary N) is 2. The van der Waals surface area contributed by atoms with Crippen LogP contribution in [0.25, 0.3) is 0 Å². The summed E-state index contributed by atoms with van der Waals surface area (Å²) >= 11 is 0. The number of aromatic nitrogens is 2. The molecule has 1 amide bonds. The van der Waals surface area contributed by atoms with Gasteiger partial charge in [-0.25, -0.2) is 0 Å². The van der Waals surface area contributed by atoms with Gasteiger partial charge in [-0.3, -0.25) is 4.79 Å². The molecule has 100 valence electrons. The molecule has 0 unspecified atom stereocenters. The number of carbonyl (C=O) groups excluding carboxylic acids is 1. The van der Waals surface area contributed by atoms with Crippen LogP contribution < -0.4 is 10.6 Å². The van der Waals surface area contributed by atoms with Gasteiger partial charge in [0.15, 0.2) is 5.69 Å². The molecule has 0 aliphatic carbocycles. The van der Waals surface area contributed by atoms with E-state index >= 15 is 0 Å². The summed E-state index contributed by atoms with van der Waals surface area (Å²) in [5.41, 5.74) is 0.317. The molecule has 2 rings (SSSR count). The van der Waals surface area contributed by atoms with E-state index in [2.05, 4.69) is 20.8 Å². The summed E-state index contributed by atoms with van der Waals surface area (Å²) in [6, 6.07) is 7.05. The minimum atomic E-state index is -0.202. The Balaban J connectivity index is 1.89. The van der Waals surface area contributed by atoms with Crippen LogP contribution in [0.2, 0.25) is 0 Å². The molecule has 0 aliphatic heterocycles. The van der Waals surface area contributed by atoms with E-state index < -0.39 is 0 Å². The van der Waals surface area contributed by atoms with Crippen molar-refractivity contribution >= 4 is 11.7 Å². The third-order valence-corrected chi connectivity index (χ3v) is 2.46. The Morgan fingerprint density at radius 1 is 1.32 bits per heavy atom. The average molecular weight is 260 g/mol. The van der Waals surface area contributed by atoms with E-state index in [4.69, 9.17) is 4.42 Å². The highest BCUT2D eigenvalue weighted by Crippen LogP contribution is 2.06. The molecule has 6 heteroatoms. The second-order valence-corrected chi connectivity index (χ2v) is 3.99. The Morgan fingerprint density at radius 2 is 2.21 bits per heavy atom. The monoisotopic (exact) mass is 260 g/mol. The predicted octanol–water partition coefficient (Wildman–Crippen LogP) is 1.82. The smallest absolute Gasteiger partial charge is 0.271 e. The first kappa shape index (κ1) is 13.1. The number of rotatable bonds is 6. The van der Waals surface area contributed by atoms with Gasteiger partial charge in [-0.2, -0.15) is 0 Å². The van der Waals surface area contributed by atoms with Crippen LogP contribution in [0.1, 0.15) is 29.6 Å². The number of anilines is 1. The highest BCUT2D eigenvalue weighted by molar-refractivity contribution is 5.92. The lowest BCUT2D eigenvalue weighted by Gasteiger charge is -2.04. The summed E-state index contributed by atoms with van der Waals surface area (Å²) in [5.74, 6) is 1.21. The summed E-state index contributed by atoms with van der Waals surface area (Å²) in [6.07, 6.45) is 2.51.